The van der Waals surface area contributed by atoms with Crippen LogP contribution in [0.1, 0.15) is 31.9 Å². The van der Waals surface area contributed by atoms with E-state index in [1.165, 1.54) is 13.0 Å². The largest absolute Gasteiger partial charge is 0.355 e. The van der Waals surface area contributed by atoms with Gasteiger partial charge in [-0.15, -0.1) is 0 Å². The van der Waals surface area contributed by atoms with Crippen LogP contribution < -0.4 is 10.6 Å². The molecular weight excluding hydrogens is 250 g/mol. The molecule has 2 N–H and O–H groups in total. The second kappa shape index (κ2) is 8.17. The third-order valence-electron chi connectivity index (χ3n) is 3.81. The van der Waals surface area contributed by atoms with Crippen LogP contribution in [0.4, 0.5) is 5.82 Å². The van der Waals surface area contributed by atoms with Gasteiger partial charge >= 0.3 is 0 Å². The maximum absolute atomic E-state index is 5.59. The molecule has 5 nitrogen and oxygen atoms in total. The Morgan fingerprint density at radius 2 is 2.10 bits per heavy atom. The fourth-order valence-electron chi connectivity index (χ4n) is 2.69. The molecule has 0 atom stereocenters. The Hall–Kier alpha value is -1.20. The van der Waals surface area contributed by atoms with Crippen molar-refractivity contribution in [3.8, 4) is 0 Å². The van der Waals surface area contributed by atoms with Gasteiger partial charge in [0.2, 0.25) is 0 Å². The first-order chi connectivity index (χ1) is 9.83. The van der Waals surface area contributed by atoms with Gasteiger partial charge in [0, 0.05) is 31.4 Å². The van der Waals surface area contributed by atoms with E-state index in [2.05, 4.69) is 32.8 Å². The number of hydrogen-bond acceptors (Lipinski definition) is 5. The highest BCUT2D eigenvalue weighted by molar-refractivity contribution is 5.39. The predicted molar refractivity (Wildman–Crippen MR) is 83.0 cm³/mol. The van der Waals surface area contributed by atoms with Gasteiger partial charge in [0.05, 0.1) is 0 Å². The summed E-state index contributed by atoms with van der Waals surface area (Å²) >= 11 is 0. The van der Waals surface area contributed by atoms with E-state index in [0.717, 1.165) is 63.5 Å². The molecule has 1 fully saturated rings. The molecule has 0 spiro atoms. The first-order valence-electron chi connectivity index (χ1n) is 7.81. The van der Waals surface area contributed by atoms with Crippen LogP contribution in [-0.2, 0) is 6.42 Å². The molecule has 0 amide bonds. The average molecular weight is 277 g/mol. The molecule has 1 saturated heterocycles. The zero-order valence-corrected chi connectivity index (χ0v) is 12.6. The van der Waals surface area contributed by atoms with Gasteiger partial charge in [-0.05, 0) is 38.9 Å². The molecule has 1 aliphatic rings. The number of nitrogens with two attached hydrogens (primary N) is 1. The fourth-order valence-corrected chi connectivity index (χ4v) is 2.69. The topological polar surface area (TPSA) is 58.3 Å². The molecule has 112 valence electrons. The smallest absolute Gasteiger partial charge is 0.132 e. The summed E-state index contributed by atoms with van der Waals surface area (Å²) in [5, 5.41) is 0. The van der Waals surface area contributed by atoms with Gasteiger partial charge in [0.1, 0.15) is 12.1 Å². The molecule has 2 rings (SSSR count). The lowest BCUT2D eigenvalue weighted by molar-refractivity contribution is 0.291. The van der Waals surface area contributed by atoms with E-state index in [0.29, 0.717) is 0 Å². The van der Waals surface area contributed by atoms with Crippen molar-refractivity contribution in [3.05, 3.63) is 18.1 Å². The Kier molecular flexibility index (Phi) is 6.21. The summed E-state index contributed by atoms with van der Waals surface area (Å²) in [7, 11) is 0. The molecule has 1 aliphatic heterocycles. The van der Waals surface area contributed by atoms with E-state index in [-0.39, 0.29) is 0 Å². The average Bonchev–Trinajstić information content (AvgIpc) is 2.71. The molecule has 5 heteroatoms. The lowest BCUT2D eigenvalue weighted by Crippen LogP contribution is -2.32. The minimum atomic E-state index is 0.784. The predicted octanol–water partition coefficient (Wildman–Crippen LogP) is 1.29. The fraction of sp³-hybridized carbons (Fsp3) is 0.733. The molecule has 0 aromatic carbocycles. The van der Waals surface area contributed by atoms with Crippen LogP contribution >= 0.6 is 0 Å². The Bertz CT molecular complexity index is 396. The lowest BCUT2D eigenvalue weighted by Gasteiger charge is -2.22. The van der Waals surface area contributed by atoms with Crippen molar-refractivity contribution in [2.45, 2.75) is 32.6 Å². The summed E-state index contributed by atoms with van der Waals surface area (Å²) in [4.78, 5) is 13.7. The van der Waals surface area contributed by atoms with Crippen molar-refractivity contribution in [2.24, 2.45) is 5.73 Å². The Labute approximate surface area is 122 Å². The molecule has 0 bridgehead atoms. The van der Waals surface area contributed by atoms with E-state index in [4.69, 9.17) is 5.73 Å². The van der Waals surface area contributed by atoms with Gasteiger partial charge in [-0.25, -0.2) is 9.97 Å². The third-order valence-corrected chi connectivity index (χ3v) is 3.81. The molecule has 0 radical (unpaired) electrons. The highest BCUT2D eigenvalue weighted by Crippen LogP contribution is 2.15. The van der Waals surface area contributed by atoms with Crippen molar-refractivity contribution in [1.82, 2.24) is 14.9 Å². The van der Waals surface area contributed by atoms with Gasteiger partial charge in [-0.3, -0.25) is 0 Å². The molecule has 20 heavy (non-hydrogen) atoms. The number of anilines is 1. The van der Waals surface area contributed by atoms with Crippen molar-refractivity contribution >= 4 is 5.82 Å². The Morgan fingerprint density at radius 3 is 2.90 bits per heavy atom. The molecule has 2 heterocycles. The second-order valence-corrected chi connectivity index (χ2v) is 5.44. The zero-order chi connectivity index (χ0) is 14.2. The molecule has 0 saturated carbocycles. The van der Waals surface area contributed by atoms with Gasteiger partial charge in [-0.1, -0.05) is 13.3 Å². The lowest BCUT2D eigenvalue weighted by atomic mass is 10.2. The van der Waals surface area contributed by atoms with Crippen molar-refractivity contribution in [3.63, 3.8) is 0 Å². The SMILES string of the molecule is CCCc1cc(N2CCCN(CCCN)CC2)ncn1. The highest BCUT2D eigenvalue weighted by Gasteiger charge is 2.15. The third kappa shape index (κ3) is 4.42. The van der Waals surface area contributed by atoms with Crippen LogP contribution in [0.3, 0.4) is 0 Å². The standard InChI is InChI=1S/C15H27N5/c1-2-5-14-12-15(18-13-17-14)20-9-4-8-19(10-11-20)7-3-6-16/h12-13H,2-11,16H2,1H3. The quantitative estimate of drug-likeness (QED) is 0.849. The maximum atomic E-state index is 5.59. The van der Waals surface area contributed by atoms with Crippen molar-refractivity contribution in [2.75, 3.05) is 44.2 Å². The van der Waals surface area contributed by atoms with Crippen molar-refractivity contribution in [1.29, 1.82) is 0 Å². The van der Waals surface area contributed by atoms with Crippen LogP contribution in [0.15, 0.2) is 12.4 Å². The van der Waals surface area contributed by atoms with Crippen LogP contribution in [0.25, 0.3) is 0 Å². The van der Waals surface area contributed by atoms with E-state index >= 15 is 0 Å². The number of rotatable bonds is 6. The number of aryl methyl sites for hydroxylation is 1. The normalized spacial score (nSPS) is 17.2. The van der Waals surface area contributed by atoms with E-state index < -0.39 is 0 Å². The van der Waals surface area contributed by atoms with Crippen LogP contribution in [-0.4, -0.2) is 54.1 Å². The van der Waals surface area contributed by atoms with E-state index in [9.17, 15) is 0 Å². The summed E-state index contributed by atoms with van der Waals surface area (Å²) in [5.74, 6) is 1.09. The van der Waals surface area contributed by atoms with Gasteiger partial charge in [-0.2, -0.15) is 0 Å². The highest BCUT2D eigenvalue weighted by atomic mass is 15.2. The van der Waals surface area contributed by atoms with Crippen LogP contribution in [0.2, 0.25) is 0 Å². The zero-order valence-electron chi connectivity index (χ0n) is 12.6. The molecule has 0 aliphatic carbocycles. The minimum absolute atomic E-state index is 0.784. The summed E-state index contributed by atoms with van der Waals surface area (Å²) in [6.07, 6.45) is 6.15. The Balaban J connectivity index is 1.94. The Morgan fingerprint density at radius 1 is 1.20 bits per heavy atom. The van der Waals surface area contributed by atoms with Gasteiger partial charge in [0.15, 0.2) is 0 Å². The molecule has 0 unspecified atom stereocenters. The van der Waals surface area contributed by atoms with Gasteiger partial charge < -0.3 is 15.5 Å². The first-order valence-corrected chi connectivity index (χ1v) is 7.81. The summed E-state index contributed by atoms with van der Waals surface area (Å²) in [5.41, 5.74) is 6.75. The molecule has 1 aromatic heterocycles. The number of nitrogens with zero attached hydrogens (tertiary/aromatic N) is 4. The van der Waals surface area contributed by atoms with E-state index in [1.807, 2.05) is 0 Å². The first kappa shape index (κ1) is 15.2. The second-order valence-electron chi connectivity index (χ2n) is 5.44. The summed E-state index contributed by atoms with van der Waals surface area (Å²) in [6, 6.07) is 2.15. The molecular formula is C15H27N5. The van der Waals surface area contributed by atoms with E-state index in [1.54, 1.807) is 6.33 Å². The number of hydrogen-bond donors (Lipinski definition) is 1. The summed E-state index contributed by atoms with van der Waals surface area (Å²) < 4.78 is 0. The van der Waals surface area contributed by atoms with Crippen molar-refractivity contribution < 1.29 is 0 Å². The monoisotopic (exact) mass is 277 g/mol. The number of aromatic nitrogens is 2. The maximum Gasteiger partial charge on any atom is 0.132 e. The minimum Gasteiger partial charge on any atom is -0.355 e. The molecule has 1 aromatic rings. The van der Waals surface area contributed by atoms with Crippen LogP contribution in [0.5, 0.6) is 0 Å². The van der Waals surface area contributed by atoms with Crippen LogP contribution in [0, 0.1) is 0 Å². The summed E-state index contributed by atoms with van der Waals surface area (Å²) in [6.45, 7) is 8.50. The van der Waals surface area contributed by atoms with Gasteiger partial charge in [0.25, 0.3) is 0 Å².